The maximum absolute atomic E-state index is 12.1. The van der Waals surface area contributed by atoms with E-state index in [2.05, 4.69) is 15.5 Å². The number of nitrogens with one attached hydrogen (secondary N) is 2. The van der Waals surface area contributed by atoms with Crippen molar-refractivity contribution in [2.45, 2.75) is 19.3 Å². The van der Waals surface area contributed by atoms with Crippen LogP contribution in [0.15, 0.2) is 36.4 Å². The molecule has 1 aromatic heterocycles. The van der Waals surface area contributed by atoms with Crippen LogP contribution in [-0.4, -0.2) is 46.5 Å². The lowest BCUT2D eigenvalue weighted by Crippen LogP contribution is -2.32. The molecule has 6 nitrogen and oxygen atoms in total. The fourth-order valence-corrected chi connectivity index (χ4v) is 2.70. The van der Waals surface area contributed by atoms with Gasteiger partial charge in [0.1, 0.15) is 5.69 Å². The standard InChI is InChI=1S/C17H20N4O2/c22-16(21-10-4-5-11-21)8-9-18-17(23)15-12-14(19-20-15)13-6-2-1-3-7-13/h1-3,6-7,12H,4-5,8-11H2,(H,18,23)(H,19,20). The summed E-state index contributed by atoms with van der Waals surface area (Å²) in [6, 6.07) is 11.4. The molecule has 0 atom stereocenters. The number of likely N-dealkylation sites (tertiary alicyclic amines) is 1. The van der Waals surface area contributed by atoms with Crippen molar-refractivity contribution in [3.63, 3.8) is 0 Å². The highest BCUT2D eigenvalue weighted by molar-refractivity contribution is 5.93. The average molecular weight is 312 g/mol. The van der Waals surface area contributed by atoms with E-state index < -0.39 is 0 Å². The van der Waals surface area contributed by atoms with Crippen molar-refractivity contribution in [1.29, 1.82) is 0 Å². The Morgan fingerprint density at radius 3 is 2.65 bits per heavy atom. The lowest BCUT2D eigenvalue weighted by molar-refractivity contribution is -0.129. The van der Waals surface area contributed by atoms with Crippen molar-refractivity contribution >= 4 is 11.8 Å². The molecule has 3 rings (SSSR count). The molecule has 1 aromatic carbocycles. The average Bonchev–Trinajstić information content (AvgIpc) is 3.27. The Balaban J connectivity index is 1.51. The number of H-pyrrole nitrogens is 1. The number of hydrogen-bond acceptors (Lipinski definition) is 3. The van der Waals surface area contributed by atoms with Gasteiger partial charge in [0, 0.05) is 31.6 Å². The van der Waals surface area contributed by atoms with E-state index in [1.54, 1.807) is 6.07 Å². The highest BCUT2D eigenvalue weighted by atomic mass is 16.2. The van der Waals surface area contributed by atoms with Gasteiger partial charge in [0.25, 0.3) is 5.91 Å². The number of rotatable bonds is 5. The quantitative estimate of drug-likeness (QED) is 0.884. The van der Waals surface area contributed by atoms with Crippen LogP contribution in [0.4, 0.5) is 0 Å². The number of carbonyl (C=O) groups is 2. The van der Waals surface area contributed by atoms with Crippen LogP contribution in [0.25, 0.3) is 11.3 Å². The zero-order valence-electron chi connectivity index (χ0n) is 12.9. The van der Waals surface area contributed by atoms with Crippen molar-refractivity contribution < 1.29 is 9.59 Å². The molecular formula is C17H20N4O2. The maximum Gasteiger partial charge on any atom is 0.269 e. The number of aromatic nitrogens is 2. The third-order valence-electron chi connectivity index (χ3n) is 3.98. The summed E-state index contributed by atoms with van der Waals surface area (Å²) < 4.78 is 0. The molecule has 0 unspecified atom stereocenters. The van der Waals surface area contributed by atoms with Gasteiger partial charge in [-0.15, -0.1) is 0 Å². The van der Waals surface area contributed by atoms with Gasteiger partial charge in [0.15, 0.2) is 0 Å². The number of amides is 2. The SMILES string of the molecule is O=C(NCCC(=O)N1CCCC1)c1cc(-c2ccccc2)n[nH]1. The van der Waals surface area contributed by atoms with E-state index in [4.69, 9.17) is 0 Å². The summed E-state index contributed by atoms with van der Waals surface area (Å²) in [5, 5.41) is 9.65. The molecule has 1 aliphatic rings. The summed E-state index contributed by atoms with van der Waals surface area (Å²) in [5.74, 6) is -0.133. The second kappa shape index (κ2) is 7.09. The molecule has 1 fully saturated rings. The lowest BCUT2D eigenvalue weighted by atomic mass is 10.1. The van der Waals surface area contributed by atoms with Gasteiger partial charge in [0.2, 0.25) is 5.91 Å². The molecule has 2 heterocycles. The third kappa shape index (κ3) is 3.77. The zero-order chi connectivity index (χ0) is 16.1. The molecular weight excluding hydrogens is 292 g/mol. The summed E-state index contributed by atoms with van der Waals surface area (Å²) in [6.45, 7) is 2.02. The Kier molecular flexibility index (Phi) is 4.71. The number of carbonyl (C=O) groups excluding carboxylic acids is 2. The molecule has 2 N–H and O–H groups in total. The maximum atomic E-state index is 12.1. The Morgan fingerprint density at radius 1 is 1.17 bits per heavy atom. The monoisotopic (exact) mass is 312 g/mol. The van der Waals surface area contributed by atoms with Crippen LogP contribution >= 0.6 is 0 Å². The van der Waals surface area contributed by atoms with E-state index in [-0.39, 0.29) is 11.8 Å². The van der Waals surface area contributed by atoms with Crippen LogP contribution in [-0.2, 0) is 4.79 Å². The first-order valence-electron chi connectivity index (χ1n) is 7.91. The molecule has 0 spiro atoms. The molecule has 0 radical (unpaired) electrons. The van der Waals surface area contributed by atoms with Crippen molar-refractivity contribution in [3.8, 4) is 11.3 Å². The second-order valence-electron chi connectivity index (χ2n) is 5.63. The summed E-state index contributed by atoms with van der Waals surface area (Å²) in [6.07, 6.45) is 2.49. The third-order valence-corrected chi connectivity index (χ3v) is 3.98. The minimum absolute atomic E-state index is 0.109. The number of benzene rings is 1. The van der Waals surface area contributed by atoms with Crippen LogP contribution in [0.3, 0.4) is 0 Å². The van der Waals surface area contributed by atoms with Crippen molar-refractivity contribution in [2.75, 3.05) is 19.6 Å². The number of aromatic amines is 1. The molecule has 1 aliphatic heterocycles. The second-order valence-corrected chi connectivity index (χ2v) is 5.63. The summed E-state index contributed by atoms with van der Waals surface area (Å²) in [7, 11) is 0. The van der Waals surface area contributed by atoms with E-state index in [9.17, 15) is 9.59 Å². The first kappa shape index (κ1) is 15.3. The van der Waals surface area contributed by atoms with Crippen molar-refractivity contribution in [2.24, 2.45) is 0 Å². The molecule has 2 amide bonds. The Morgan fingerprint density at radius 2 is 1.91 bits per heavy atom. The predicted molar refractivity (Wildman–Crippen MR) is 86.8 cm³/mol. The van der Waals surface area contributed by atoms with Gasteiger partial charge in [-0.1, -0.05) is 30.3 Å². The smallest absolute Gasteiger partial charge is 0.269 e. The van der Waals surface area contributed by atoms with Crippen molar-refractivity contribution in [1.82, 2.24) is 20.4 Å². The van der Waals surface area contributed by atoms with Gasteiger partial charge >= 0.3 is 0 Å². The van der Waals surface area contributed by atoms with Gasteiger partial charge in [0.05, 0.1) is 5.69 Å². The number of hydrogen-bond donors (Lipinski definition) is 2. The predicted octanol–water partition coefficient (Wildman–Crippen LogP) is 1.82. The van der Waals surface area contributed by atoms with Gasteiger partial charge in [-0.2, -0.15) is 5.10 Å². The minimum Gasteiger partial charge on any atom is -0.350 e. The normalized spacial score (nSPS) is 14.0. The molecule has 120 valence electrons. The Bertz CT molecular complexity index is 675. The van der Waals surface area contributed by atoms with Gasteiger partial charge in [-0.05, 0) is 18.9 Å². The molecule has 23 heavy (non-hydrogen) atoms. The highest BCUT2D eigenvalue weighted by Crippen LogP contribution is 2.16. The lowest BCUT2D eigenvalue weighted by Gasteiger charge is -2.14. The highest BCUT2D eigenvalue weighted by Gasteiger charge is 2.18. The zero-order valence-corrected chi connectivity index (χ0v) is 12.9. The van der Waals surface area contributed by atoms with Crippen LogP contribution in [0.1, 0.15) is 29.8 Å². The van der Waals surface area contributed by atoms with Gasteiger partial charge in [-0.25, -0.2) is 0 Å². The first-order valence-corrected chi connectivity index (χ1v) is 7.91. The Labute approximate surface area is 134 Å². The van der Waals surface area contributed by atoms with E-state index in [1.165, 1.54) is 0 Å². The van der Waals surface area contributed by atoms with E-state index in [0.29, 0.717) is 18.7 Å². The van der Waals surface area contributed by atoms with Gasteiger partial charge in [-0.3, -0.25) is 14.7 Å². The topological polar surface area (TPSA) is 78.1 Å². The fourth-order valence-electron chi connectivity index (χ4n) is 2.70. The van der Waals surface area contributed by atoms with E-state index in [0.717, 1.165) is 37.2 Å². The van der Waals surface area contributed by atoms with E-state index in [1.807, 2.05) is 35.2 Å². The molecule has 2 aromatic rings. The number of nitrogens with zero attached hydrogens (tertiary/aromatic N) is 2. The molecule has 6 heteroatoms. The molecule has 0 saturated carbocycles. The first-order chi connectivity index (χ1) is 11.2. The van der Waals surface area contributed by atoms with E-state index >= 15 is 0 Å². The van der Waals surface area contributed by atoms with Gasteiger partial charge < -0.3 is 10.2 Å². The molecule has 0 bridgehead atoms. The molecule has 0 aliphatic carbocycles. The summed E-state index contributed by atoms with van der Waals surface area (Å²) in [4.78, 5) is 25.8. The minimum atomic E-state index is -0.242. The van der Waals surface area contributed by atoms with Crippen LogP contribution in [0, 0.1) is 0 Å². The molecule has 1 saturated heterocycles. The van der Waals surface area contributed by atoms with Crippen molar-refractivity contribution in [3.05, 3.63) is 42.1 Å². The van der Waals surface area contributed by atoms with Crippen LogP contribution in [0.2, 0.25) is 0 Å². The largest absolute Gasteiger partial charge is 0.350 e. The van der Waals surface area contributed by atoms with Crippen LogP contribution in [0.5, 0.6) is 0 Å². The summed E-state index contributed by atoms with van der Waals surface area (Å²) in [5.41, 5.74) is 2.08. The van der Waals surface area contributed by atoms with Crippen LogP contribution < -0.4 is 5.32 Å². The summed E-state index contributed by atoms with van der Waals surface area (Å²) >= 11 is 0. The Hall–Kier alpha value is -2.63. The fraction of sp³-hybridized carbons (Fsp3) is 0.353.